The van der Waals surface area contributed by atoms with Gasteiger partial charge in [-0.25, -0.2) is 4.79 Å². The van der Waals surface area contributed by atoms with Crippen molar-refractivity contribution in [2.45, 2.75) is 31.8 Å². The second kappa shape index (κ2) is 8.01. The highest BCUT2D eigenvalue weighted by Crippen LogP contribution is 2.18. The molecule has 2 heterocycles. The fraction of sp³-hybridized carbons (Fsp3) is 0.368. The number of hydrogen-bond donors (Lipinski definition) is 3. The van der Waals surface area contributed by atoms with Crippen LogP contribution in [0.5, 0.6) is 0 Å². The second-order valence-electron chi connectivity index (χ2n) is 6.94. The van der Waals surface area contributed by atoms with E-state index < -0.39 is 0 Å². The first-order valence-electron chi connectivity index (χ1n) is 8.88. The zero-order valence-corrected chi connectivity index (χ0v) is 15.4. The van der Waals surface area contributed by atoms with Crippen molar-refractivity contribution < 1.29 is 4.79 Å². The van der Waals surface area contributed by atoms with E-state index in [0.29, 0.717) is 24.8 Å². The van der Waals surface area contributed by atoms with E-state index in [1.807, 2.05) is 35.2 Å². The number of hydrogen-bond acceptors (Lipinski definition) is 6. The first kappa shape index (κ1) is 18.6. The average Bonchev–Trinajstić information content (AvgIpc) is 3.02. The van der Waals surface area contributed by atoms with Gasteiger partial charge in [-0.2, -0.15) is 5.26 Å². The predicted octanol–water partition coefficient (Wildman–Crippen LogP) is 1.81. The summed E-state index contributed by atoms with van der Waals surface area (Å²) in [7, 11) is 0. The number of nitrogens with zero attached hydrogens (tertiary/aromatic N) is 4. The molecule has 27 heavy (non-hydrogen) atoms. The molecule has 2 unspecified atom stereocenters. The Kier molecular flexibility index (Phi) is 5.52. The normalized spacial score (nSPS) is 19.0. The van der Waals surface area contributed by atoms with Gasteiger partial charge in [-0.05, 0) is 35.7 Å². The van der Waals surface area contributed by atoms with Gasteiger partial charge in [0.25, 0.3) is 0 Å². The van der Waals surface area contributed by atoms with Crippen LogP contribution in [0.3, 0.4) is 0 Å². The van der Waals surface area contributed by atoms with Gasteiger partial charge in [0.15, 0.2) is 11.5 Å². The van der Waals surface area contributed by atoms with E-state index in [1.165, 1.54) is 5.56 Å². The summed E-state index contributed by atoms with van der Waals surface area (Å²) < 4.78 is 0. The van der Waals surface area contributed by atoms with Crippen molar-refractivity contribution in [1.29, 1.82) is 5.26 Å². The van der Waals surface area contributed by atoms with Gasteiger partial charge >= 0.3 is 6.03 Å². The summed E-state index contributed by atoms with van der Waals surface area (Å²) in [6, 6.07) is 12.4. The summed E-state index contributed by atoms with van der Waals surface area (Å²) in [4.78, 5) is 14.2. The van der Waals surface area contributed by atoms with Gasteiger partial charge in [0, 0.05) is 24.8 Å². The molecule has 1 aliphatic heterocycles. The highest BCUT2D eigenvalue weighted by molar-refractivity contribution is 5.89. The van der Waals surface area contributed by atoms with Crippen molar-refractivity contribution in [3.63, 3.8) is 0 Å². The van der Waals surface area contributed by atoms with Crippen LogP contribution in [-0.2, 0) is 0 Å². The summed E-state index contributed by atoms with van der Waals surface area (Å²) >= 11 is 0. The van der Waals surface area contributed by atoms with E-state index >= 15 is 0 Å². The topological polar surface area (TPSA) is 120 Å². The van der Waals surface area contributed by atoms with Crippen molar-refractivity contribution in [2.75, 3.05) is 23.3 Å². The number of benzene rings is 1. The number of nitrogens with one attached hydrogen (secondary N) is 2. The van der Waals surface area contributed by atoms with Gasteiger partial charge in [-0.15, -0.1) is 10.2 Å². The van der Waals surface area contributed by atoms with Gasteiger partial charge in [0.05, 0.1) is 6.04 Å². The van der Waals surface area contributed by atoms with Crippen molar-refractivity contribution in [3.05, 3.63) is 47.7 Å². The molecule has 1 aromatic carbocycles. The van der Waals surface area contributed by atoms with Gasteiger partial charge < -0.3 is 21.3 Å². The van der Waals surface area contributed by atoms with Gasteiger partial charge in [0.2, 0.25) is 0 Å². The lowest BCUT2D eigenvalue weighted by molar-refractivity contribution is 0.248. The molecule has 0 bridgehead atoms. The standard InChI is InChI=1S/C19H23N7O/c1-12(2)13-3-5-14(6-4-13)22-19(27)23-17-11-26(10-16(17)21)18-8-7-15(9-20)24-25-18/h3-8,12,16-17H,10-11,21H2,1-2H3,(H2,22,23,27). The van der Waals surface area contributed by atoms with Crippen LogP contribution < -0.4 is 21.3 Å². The SMILES string of the molecule is CC(C)c1ccc(NC(=O)NC2CN(c3ccc(C#N)nn3)CC2N)cc1. The zero-order chi connectivity index (χ0) is 19.4. The van der Waals surface area contributed by atoms with E-state index in [4.69, 9.17) is 11.0 Å². The minimum absolute atomic E-state index is 0.211. The Morgan fingerprint density at radius 2 is 1.96 bits per heavy atom. The number of nitrogens with two attached hydrogens (primary N) is 1. The number of nitriles is 1. The highest BCUT2D eigenvalue weighted by atomic mass is 16.2. The molecule has 0 saturated carbocycles. The van der Waals surface area contributed by atoms with Crippen LogP contribution >= 0.6 is 0 Å². The molecule has 140 valence electrons. The molecule has 4 N–H and O–H groups in total. The van der Waals surface area contributed by atoms with Crippen LogP contribution in [0.1, 0.15) is 31.0 Å². The van der Waals surface area contributed by atoms with E-state index in [1.54, 1.807) is 12.1 Å². The molecule has 1 aliphatic rings. The third-order valence-electron chi connectivity index (χ3n) is 4.61. The molecule has 8 heteroatoms. The van der Waals surface area contributed by atoms with E-state index in [9.17, 15) is 4.79 Å². The molecule has 0 aliphatic carbocycles. The maximum atomic E-state index is 12.3. The molecule has 1 fully saturated rings. The maximum Gasteiger partial charge on any atom is 0.319 e. The smallest absolute Gasteiger partial charge is 0.319 e. The third kappa shape index (κ3) is 4.51. The van der Waals surface area contributed by atoms with Crippen molar-refractivity contribution in [1.82, 2.24) is 15.5 Å². The number of anilines is 2. The van der Waals surface area contributed by atoms with Crippen LogP contribution in [0.4, 0.5) is 16.3 Å². The molecular weight excluding hydrogens is 342 g/mol. The Bertz CT molecular complexity index is 827. The number of urea groups is 1. The molecule has 1 aromatic heterocycles. The Labute approximate surface area is 158 Å². The number of aromatic nitrogens is 2. The number of carbonyl (C=O) groups is 1. The summed E-state index contributed by atoms with van der Waals surface area (Å²) in [6.07, 6.45) is 0. The fourth-order valence-electron chi connectivity index (χ4n) is 3.01. The molecule has 0 radical (unpaired) electrons. The maximum absolute atomic E-state index is 12.3. The lowest BCUT2D eigenvalue weighted by Crippen LogP contribution is -2.48. The lowest BCUT2D eigenvalue weighted by Gasteiger charge is -2.18. The largest absolute Gasteiger partial charge is 0.351 e. The second-order valence-corrected chi connectivity index (χ2v) is 6.94. The number of carbonyl (C=O) groups excluding carboxylic acids is 1. The minimum atomic E-state index is -0.291. The van der Waals surface area contributed by atoms with Gasteiger partial charge in [-0.3, -0.25) is 0 Å². The van der Waals surface area contributed by atoms with E-state index in [-0.39, 0.29) is 23.8 Å². The molecular formula is C19H23N7O. The van der Waals surface area contributed by atoms with E-state index in [0.717, 1.165) is 5.69 Å². The third-order valence-corrected chi connectivity index (χ3v) is 4.61. The van der Waals surface area contributed by atoms with Crippen LogP contribution in [-0.4, -0.2) is 41.4 Å². The van der Waals surface area contributed by atoms with E-state index in [2.05, 4.69) is 34.7 Å². The Morgan fingerprint density at radius 3 is 2.56 bits per heavy atom. The first-order chi connectivity index (χ1) is 13.0. The highest BCUT2D eigenvalue weighted by Gasteiger charge is 2.32. The summed E-state index contributed by atoms with van der Waals surface area (Å²) in [5, 5.41) is 22.4. The number of rotatable bonds is 4. The Balaban J connectivity index is 1.56. The quantitative estimate of drug-likeness (QED) is 0.760. The molecule has 3 rings (SSSR count). The van der Waals surface area contributed by atoms with Crippen molar-refractivity contribution in [2.24, 2.45) is 5.73 Å². The van der Waals surface area contributed by atoms with Crippen LogP contribution in [0.25, 0.3) is 0 Å². The van der Waals surface area contributed by atoms with Crippen LogP contribution in [0, 0.1) is 11.3 Å². The molecule has 2 atom stereocenters. The van der Waals surface area contributed by atoms with Crippen molar-refractivity contribution >= 4 is 17.5 Å². The minimum Gasteiger partial charge on any atom is -0.351 e. The molecule has 2 amide bonds. The zero-order valence-electron chi connectivity index (χ0n) is 15.4. The number of amides is 2. The Morgan fingerprint density at radius 1 is 1.22 bits per heavy atom. The molecule has 1 saturated heterocycles. The van der Waals surface area contributed by atoms with Crippen molar-refractivity contribution in [3.8, 4) is 6.07 Å². The Hall–Kier alpha value is -3.18. The lowest BCUT2D eigenvalue weighted by atomic mass is 10.0. The molecule has 2 aromatic rings. The monoisotopic (exact) mass is 365 g/mol. The summed E-state index contributed by atoms with van der Waals surface area (Å²) in [5.41, 5.74) is 8.39. The first-order valence-corrected chi connectivity index (χ1v) is 8.88. The predicted molar refractivity (Wildman–Crippen MR) is 103 cm³/mol. The molecule has 0 spiro atoms. The van der Waals surface area contributed by atoms with Gasteiger partial charge in [0.1, 0.15) is 6.07 Å². The van der Waals surface area contributed by atoms with Crippen LogP contribution in [0.15, 0.2) is 36.4 Å². The average molecular weight is 365 g/mol. The molecule has 8 nitrogen and oxygen atoms in total. The van der Waals surface area contributed by atoms with Crippen LogP contribution in [0.2, 0.25) is 0 Å². The van der Waals surface area contributed by atoms with Gasteiger partial charge in [-0.1, -0.05) is 26.0 Å². The fourth-order valence-corrected chi connectivity index (χ4v) is 3.01. The summed E-state index contributed by atoms with van der Waals surface area (Å²) in [5.74, 6) is 1.08. The summed E-state index contributed by atoms with van der Waals surface area (Å²) in [6.45, 7) is 5.33.